The van der Waals surface area contributed by atoms with Crippen molar-refractivity contribution in [1.82, 2.24) is 4.90 Å². The molecule has 17 heavy (non-hydrogen) atoms. The first-order valence-corrected chi connectivity index (χ1v) is 7.85. The molecule has 2 N–H and O–H groups in total. The molecule has 0 aromatic heterocycles. The van der Waals surface area contributed by atoms with Crippen molar-refractivity contribution in [3.8, 4) is 0 Å². The Kier molecular flexibility index (Phi) is 5.30. The summed E-state index contributed by atoms with van der Waals surface area (Å²) < 4.78 is 0. The zero-order valence-electron chi connectivity index (χ0n) is 11.4. The monoisotopic (exact) mass is 238 g/mol. The van der Waals surface area contributed by atoms with Crippen LogP contribution in [0.25, 0.3) is 0 Å². The van der Waals surface area contributed by atoms with E-state index in [1.165, 1.54) is 90.1 Å². The number of hydrogen-bond acceptors (Lipinski definition) is 2. The largest absolute Gasteiger partial charge is 0.313 e. The molecular weight excluding hydrogens is 208 g/mol. The lowest BCUT2D eigenvalue weighted by molar-refractivity contribution is 0.0570. The van der Waals surface area contributed by atoms with Crippen molar-refractivity contribution in [3.63, 3.8) is 0 Å². The predicted molar refractivity (Wildman–Crippen MR) is 73.9 cm³/mol. The molecule has 0 spiro atoms. The molecule has 2 aliphatic rings. The van der Waals surface area contributed by atoms with Crippen LogP contribution in [0.4, 0.5) is 0 Å². The fourth-order valence-electron chi connectivity index (χ4n) is 3.53. The molecule has 0 amide bonds. The highest BCUT2D eigenvalue weighted by Crippen LogP contribution is 2.29. The van der Waals surface area contributed by atoms with Gasteiger partial charge in [0.25, 0.3) is 0 Å². The van der Waals surface area contributed by atoms with Gasteiger partial charge in [-0.25, -0.2) is 0 Å². The lowest BCUT2D eigenvalue weighted by atomic mass is 9.89. The molecule has 0 atom stereocenters. The van der Waals surface area contributed by atoms with E-state index >= 15 is 0 Å². The first-order valence-electron chi connectivity index (χ1n) is 7.85. The molecule has 0 bridgehead atoms. The molecule has 0 aromatic rings. The van der Waals surface area contributed by atoms with E-state index in [2.05, 4.69) is 4.90 Å². The second-order valence-electron chi connectivity index (χ2n) is 6.13. The van der Waals surface area contributed by atoms with E-state index < -0.39 is 0 Å². The van der Waals surface area contributed by atoms with Crippen molar-refractivity contribution in [2.45, 2.75) is 82.7 Å². The molecule has 2 nitrogen and oxygen atoms in total. The highest BCUT2D eigenvalue weighted by atomic mass is 15.3. The molecular formula is C15H30N2. The van der Waals surface area contributed by atoms with Gasteiger partial charge in [-0.15, -0.1) is 0 Å². The maximum absolute atomic E-state index is 6.75. The molecule has 0 radical (unpaired) electrons. The van der Waals surface area contributed by atoms with Crippen LogP contribution in [0.15, 0.2) is 0 Å². The normalized spacial score (nSPS) is 28.8. The summed E-state index contributed by atoms with van der Waals surface area (Å²) >= 11 is 0. The van der Waals surface area contributed by atoms with Gasteiger partial charge < -0.3 is 5.73 Å². The summed E-state index contributed by atoms with van der Waals surface area (Å²) in [5.74, 6) is 0. The second-order valence-corrected chi connectivity index (χ2v) is 6.13. The molecule has 1 aliphatic carbocycles. The number of likely N-dealkylation sites (tertiary alicyclic amines) is 1. The smallest absolute Gasteiger partial charge is 0.0687 e. The molecule has 1 saturated heterocycles. The third kappa shape index (κ3) is 3.96. The van der Waals surface area contributed by atoms with Crippen LogP contribution in [-0.4, -0.2) is 23.7 Å². The third-order valence-electron chi connectivity index (χ3n) is 4.71. The van der Waals surface area contributed by atoms with E-state index in [1.807, 2.05) is 0 Å². The average Bonchev–Trinajstić information content (AvgIpc) is 2.23. The van der Waals surface area contributed by atoms with Crippen LogP contribution >= 0.6 is 0 Å². The third-order valence-corrected chi connectivity index (χ3v) is 4.71. The standard InChI is InChI=1S/C15H30N2/c16-15(11-7-3-1-4-8-12-15)17-13-9-5-2-6-10-14-17/h1-14,16H2. The summed E-state index contributed by atoms with van der Waals surface area (Å²) in [6.45, 7) is 2.49. The van der Waals surface area contributed by atoms with E-state index in [0.717, 1.165) is 0 Å². The minimum atomic E-state index is 0.0394. The minimum Gasteiger partial charge on any atom is -0.313 e. The Morgan fingerprint density at radius 3 is 1.53 bits per heavy atom. The topological polar surface area (TPSA) is 29.3 Å². The van der Waals surface area contributed by atoms with Crippen molar-refractivity contribution in [2.75, 3.05) is 13.1 Å². The molecule has 0 aromatic carbocycles. The van der Waals surface area contributed by atoms with Gasteiger partial charge in [-0.2, -0.15) is 0 Å². The Balaban J connectivity index is 1.94. The Bertz CT molecular complexity index is 199. The van der Waals surface area contributed by atoms with Gasteiger partial charge in [0.15, 0.2) is 0 Å². The Hall–Kier alpha value is -0.0800. The average molecular weight is 238 g/mol. The Morgan fingerprint density at radius 2 is 1.00 bits per heavy atom. The van der Waals surface area contributed by atoms with Crippen LogP contribution in [0.1, 0.15) is 77.0 Å². The highest BCUT2D eigenvalue weighted by Gasteiger charge is 2.31. The van der Waals surface area contributed by atoms with Gasteiger partial charge in [-0.1, -0.05) is 51.4 Å². The van der Waals surface area contributed by atoms with Crippen LogP contribution in [0.3, 0.4) is 0 Å². The summed E-state index contributed by atoms with van der Waals surface area (Å²) in [5, 5.41) is 0. The zero-order chi connectivity index (χ0) is 12.0. The predicted octanol–water partition coefficient (Wildman–Crippen LogP) is 3.65. The van der Waals surface area contributed by atoms with E-state index in [9.17, 15) is 0 Å². The van der Waals surface area contributed by atoms with E-state index in [4.69, 9.17) is 5.73 Å². The van der Waals surface area contributed by atoms with Gasteiger partial charge >= 0.3 is 0 Å². The first-order chi connectivity index (χ1) is 8.31. The van der Waals surface area contributed by atoms with Gasteiger partial charge in [0.2, 0.25) is 0 Å². The van der Waals surface area contributed by atoms with Crippen molar-refractivity contribution in [3.05, 3.63) is 0 Å². The molecule has 100 valence electrons. The van der Waals surface area contributed by atoms with Crippen molar-refractivity contribution < 1.29 is 0 Å². The maximum Gasteiger partial charge on any atom is 0.0687 e. The summed E-state index contributed by atoms with van der Waals surface area (Å²) in [5.41, 5.74) is 6.79. The minimum absolute atomic E-state index is 0.0394. The molecule has 1 aliphatic heterocycles. The summed E-state index contributed by atoms with van der Waals surface area (Å²) in [7, 11) is 0. The number of nitrogens with zero attached hydrogens (tertiary/aromatic N) is 1. The van der Waals surface area contributed by atoms with Gasteiger partial charge in [0.1, 0.15) is 0 Å². The molecule has 2 rings (SSSR count). The van der Waals surface area contributed by atoms with Crippen molar-refractivity contribution >= 4 is 0 Å². The van der Waals surface area contributed by atoms with Crippen molar-refractivity contribution in [1.29, 1.82) is 0 Å². The second kappa shape index (κ2) is 6.75. The number of hydrogen-bond donors (Lipinski definition) is 1. The van der Waals surface area contributed by atoms with E-state index in [1.54, 1.807) is 0 Å². The summed E-state index contributed by atoms with van der Waals surface area (Å²) in [4.78, 5) is 2.64. The van der Waals surface area contributed by atoms with Gasteiger partial charge in [0.05, 0.1) is 5.66 Å². The van der Waals surface area contributed by atoms with Crippen LogP contribution in [-0.2, 0) is 0 Å². The first kappa shape index (κ1) is 13.4. The molecule has 2 heteroatoms. The quantitative estimate of drug-likeness (QED) is 0.755. The Morgan fingerprint density at radius 1 is 0.588 bits per heavy atom. The maximum atomic E-state index is 6.75. The van der Waals surface area contributed by atoms with E-state index in [-0.39, 0.29) is 5.66 Å². The van der Waals surface area contributed by atoms with Crippen LogP contribution < -0.4 is 5.73 Å². The molecule has 2 fully saturated rings. The highest BCUT2D eigenvalue weighted by molar-refractivity contribution is 4.86. The summed E-state index contributed by atoms with van der Waals surface area (Å²) in [6, 6.07) is 0. The number of nitrogens with two attached hydrogens (primary N) is 1. The Labute approximate surface area is 107 Å². The van der Waals surface area contributed by atoms with Crippen LogP contribution in [0, 0.1) is 0 Å². The lowest BCUT2D eigenvalue weighted by Gasteiger charge is -2.43. The zero-order valence-corrected chi connectivity index (χ0v) is 11.4. The molecule has 0 unspecified atom stereocenters. The number of rotatable bonds is 1. The van der Waals surface area contributed by atoms with Crippen LogP contribution in [0.5, 0.6) is 0 Å². The van der Waals surface area contributed by atoms with Crippen LogP contribution in [0.2, 0.25) is 0 Å². The molecule has 1 saturated carbocycles. The SMILES string of the molecule is NC1(N2CCCCCCC2)CCCCCCC1. The van der Waals surface area contributed by atoms with E-state index in [0.29, 0.717) is 0 Å². The fraction of sp³-hybridized carbons (Fsp3) is 1.00. The van der Waals surface area contributed by atoms with Gasteiger partial charge in [-0.3, -0.25) is 4.90 Å². The summed E-state index contributed by atoms with van der Waals surface area (Å²) in [6.07, 6.45) is 16.3. The fourth-order valence-corrected chi connectivity index (χ4v) is 3.53. The van der Waals surface area contributed by atoms with Crippen molar-refractivity contribution in [2.24, 2.45) is 5.73 Å². The molecule has 1 heterocycles. The van der Waals surface area contributed by atoms with Gasteiger partial charge in [0, 0.05) is 0 Å². The van der Waals surface area contributed by atoms with Gasteiger partial charge in [-0.05, 0) is 38.8 Å². The lowest BCUT2D eigenvalue weighted by Crippen LogP contribution is -2.57.